The Morgan fingerprint density at radius 3 is 2.60 bits per heavy atom. The number of carboxylic acids is 1. The first-order valence-corrected chi connectivity index (χ1v) is 7.16. The van der Waals surface area contributed by atoms with Crippen LogP contribution in [0.3, 0.4) is 0 Å². The van der Waals surface area contributed by atoms with E-state index < -0.39 is 17.8 Å². The standard InChI is InChI=1S/C15H18ClNO3/c1-9(10-5-2-3-8-13(10)16)17-14(18)11-6-4-7-12(11)15(19)20/h2-3,5,8-9,11-12H,4,6-7H2,1H3,(H,17,18)(H,19,20). The number of rotatable bonds is 4. The summed E-state index contributed by atoms with van der Waals surface area (Å²) >= 11 is 6.10. The molecule has 5 heteroatoms. The van der Waals surface area contributed by atoms with Crippen LogP contribution in [0.1, 0.15) is 37.8 Å². The number of amides is 1. The molecule has 1 fully saturated rings. The Morgan fingerprint density at radius 2 is 1.95 bits per heavy atom. The van der Waals surface area contributed by atoms with Gasteiger partial charge in [0.05, 0.1) is 17.9 Å². The predicted octanol–water partition coefficient (Wildman–Crippen LogP) is 3.02. The van der Waals surface area contributed by atoms with E-state index in [2.05, 4.69) is 5.32 Å². The summed E-state index contributed by atoms with van der Waals surface area (Å²) < 4.78 is 0. The van der Waals surface area contributed by atoms with Crippen LogP contribution in [0.4, 0.5) is 0 Å². The second-order valence-electron chi connectivity index (χ2n) is 5.23. The minimum Gasteiger partial charge on any atom is -0.481 e. The van der Waals surface area contributed by atoms with Gasteiger partial charge in [-0.25, -0.2) is 0 Å². The summed E-state index contributed by atoms with van der Waals surface area (Å²) in [5, 5.41) is 12.6. The van der Waals surface area contributed by atoms with E-state index in [0.29, 0.717) is 17.9 Å². The molecule has 1 amide bonds. The third-order valence-corrected chi connectivity index (χ3v) is 4.24. The van der Waals surface area contributed by atoms with Crippen molar-refractivity contribution in [3.05, 3.63) is 34.9 Å². The maximum Gasteiger partial charge on any atom is 0.307 e. The minimum absolute atomic E-state index is 0.192. The first kappa shape index (κ1) is 14.9. The van der Waals surface area contributed by atoms with Gasteiger partial charge in [0, 0.05) is 5.02 Å². The Kier molecular flexibility index (Phi) is 4.65. The lowest BCUT2D eigenvalue weighted by Gasteiger charge is -2.20. The molecular weight excluding hydrogens is 278 g/mol. The van der Waals surface area contributed by atoms with Gasteiger partial charge in [0.25, 0.3) is 0 Å². The highest BCUT2D eigenvalue weighted by Crippen LogP contribution is 2.33. The number of aliphatic carboxylic acids is 1. The maximum atomic E-state index is 12.2. The minimum atomic E-state index is -0.881. The fourth-order valence-electron chi connectivity index (χ4n) is 2.79. The Morgan fingerprint density at radius 1 is 1.30 bits per heavy atom. The van der Waals surface area contributed by atoms with Crippen molar-refractivity contribution in [2.24, 2.45) is 11.8 Å². The highest BCUT2D eigenvalue weighted by atomic mass is 35.5. The van der Waals surface area contributed by atoms with Crippen molar-refractivity contribution in [1.29, 1.82) is 0 Å². The molecule has 2 rings (SSSR count). The van der Waals surface area contributed by atoms with E-state index in [4.69, 9.17) is 16.7 Å². The smallest absolute Gasteiger partial charge is 0.307 e. The van der Waals surface area contributed by atoms with Crippen LogP contribution in [-0.2, 0) is 9.59 Å². The molecule has 0 aliphatic heterocycles. The van der Waals surface area contributed by atoms with Crippen LogP contribution in [0, 0.1) is 11.8 Å². The van der Waals surface area contributed by atoms with Gasteiger partial charge in [0.2, 0.25) is 5.91 Å². The first-order chi connectivity index (χ1) is 9.50. The molecule has 1 aromatic rings. The number of carboxylic acid groups (broad SMARTS) is 1. The molecule has 1 aliphatic carbocycles. The van der Waals surface area contributed by atoms with Gasteiger partial charge in [0.15, 0.2) is 0 Å². The molecule has 2 N–H and O–H groups in total. The summed E-state index contributed by atoms with van der Waals surface area (Å²) in [4.78, 5) is 23.4. The lowest BCUT2D eigenvalue weighted by atomic mass is 9.94. The zero-order chi connectivity index (χ0) is 14.7. The van der Waals surface area contributed by atoms with Gasteiger partial charge in [-0.3, -0.25) is 9.59 Å². The Labute approximate surface area is 123 Å². The molecule has 0 spiro atoms. The SMILES string of the molecule is CC(NC(=O)C1CCCC1C(=O)O)c1ccccc1Cl. The van der Waals surface area contributed by atoms with E-state index in [1.807, 2.05) is 25.1 Å². The molecule has 3 unspecified atom stereocenters. The van der Waals surface area contributed by atoms with E-state index in [1.54, 1.807) is 6.07 Å². The summed E-state index contributed by atoms with van der Waals surface area (Å²) in [6.07, 6.45) is 2.00. The summed E-state index contributed by atoms with van der Waals surface area (Å²) in [6.45, 7) is 1.85. The molecule has 3 atom stereocenters. The van der Waals surface area contributed by atoms with Crippen LogP contribution in [0.15, 0.2) is 24.3 Å². The summed E-state index contributed by atoms with van der Waals surface area (Å²) in [7, 11) is 0. The zero-order valence-corrected chi connectivity index (χ0v) is 12.1. The van der Waals surface area contributed by atoms with Crippen molar-refractivity contribution in [1.82, 2.24) is 5.32 Å². The third kappa shape index (κ3) is 3.12. The normalized spacial score (nSPS) is 23.3. The number of carbonyl (C=O) groups excluding carboxylic acids is 1. The molecule has 1 aromatic carbocycles. The Bertz CT molecular complexity index is 518. The van der Waals surface area contributed by atoms with Gasteiger partial charge in [-0.05, 0) is 31.4 Å². The van der Waals surface area contributed by atoms with Crippen molar-refractivity contribution < 1.29 is 14.7 Å². The van der Waals surface area contributed by atoms with Crippen LogP contribution in [0.25, 0.3) is 0 Å². The average molecular weight is 296 g/mol. The predicted molar refractivity (Wildman–Crippen MR) is 76.5 cm³/mol. The van der Waals surface area contributed by atoms with Crippen LogP contribution in [0.5, 0.6) is 0 Å². The van der Waals surface area contributed by atoms with Crippen molar-refractivity contribution in [2.45, 2.75) is 32.2 Å². The number of benzene rings is 1. The molecular formula is C15H18ClNO3. The largest absolute Gasteiger partial charge is 0.481 e. The van der Waals surface area contributed by atoms with Crippen molar-refractivity contribution in [3.8, 4) is 0 Å². The average Bonchev–Trinajstić information content (AvgIpc) is 2.88. The van der Waals surface area contributed by atoms with Crippen molar-refractivity contribution in [2.75, 3.05) is 0 Å². The fourth-order valence-corrected chi connectivity index (χ4v) is 3.09. The summed E-state index contributed by atoms with van der Waals surface area (Å²) in [5.41, 5.74) is 0.840. The topological polar surface area (TPSA) is 66.4 Å². The summed E-state index contributed by atoms with van der Waals surface area (Å²) in [6, 6.07) is 7.09. The van der Waals surface area contributed by atoms with Crippen molar-refractivity contribution >= 4 is 23.5 Å². The van der Waals surface area contributed by atoms with Gasteiger partial charge in [0.1, 0.15) is 0 Å². The van der Waals surface area contributed by atoms with Gasteiger partial charge in [-0.2, -0.15) is 0 Å². The van der Waals surface area contributed by atoms with Crippen molar-refractivity contribution in [3.63, 3.8) is 0 Å². The molecule has 108 valence electrons. The number of halogens is 1. The van der Waals surface area contributed by atoms with Crippen LogP contribution in [0.2, 0.25) is 5.02 Å². The van der Waals surface area contributed by atoms with Gasteiger partial charge in [-0.1, -0.05) is 36.2 Å². The van der Waals surface area contributed by atoms with Crippen LogP contribution < -0.4 is 5.32 Å². The first-order valence-electron chi connectivity index (χ1n) is 6.78. The van der Waals surface area contributed by atoms with Crippen LogP contribution in [-0.4, -0.2) is 17.0 Å². The van der Waals surface area contributed by atoms with E-state index in [1.165, 1.54) is 0 Å². The molecule has 1 saturated carbocycles. The zero-order valence-electron chi connectivity index (χ0n) is 11.3. The van der Waals surface area contributed by atoms with Gasteiger partial charge in [-0.15, -0.1) is 0 Å². The lowest BCUT2D eigenvalue weighted by molar-refractivity contribution is -0.146. The highest BCUT2D eigenvalue weighted by molar-refractivity contribution is 6.31. The monoisotopic (exact) mass is 295 g/mol. The molecule has 0 radical (unpaired) electrons. The Balaban J connectivity index is 2.04. The third-order valence-electron chi connectivity index (χ3n) is 3.90. The van der Waals surface area contributed by atoms with E-state index >= 15 is 0 Å². The molecule has 1 aliphatic rings. The Hall–Kier alpha value is -1.55. The highest BCUT2D eigenvalue weighted by Gasteiger charge is 2.38. The summed E-state index contributed by atoms with van der Waals surface area (Å²) in [5.74, 6) is -2.07. The molecule has 0 saturated heterocycles. The number of nitrogens with one attached hydrogen (secondary N) is 1. The van der Waals surface area contributed by atoms with E-state index in [9.17, 15) is 9.59 Å². The maximum absolute atomic E-state index is 12.2. The molecule has 0 bridgehead atoms. The number of hydrogen-bond donors (Lipinski definition) is 2. The number of hydrogen-bond acceptors (Lipinski definition) is 2. The molecule has 20 heavy (non-hydrogen) atoms. The van der Waals surface area contributed by atoms with E-state index in [0.717, 1.165) is 12.0 Å². The lowest BCUT2D eigenvalue weighted by Crippen LogP contribution is -2.36. The number of carbonyl (C=O) groups is 2. The molecule has 4 nitrogen and oxygen atoms in total. The molecule has 0 aromatic heterocycles. The molecule has 0 heterocycles. The van der Waals surface area contributed by atoms with Gasteiger partial charge >= 0.3 is 5.97 Å². The van der Waals surface area contributed by atoms with E-state index in [-0.39, 0.29) is 11.9 Å². The quantitative estimate of drug-likeness (QED) is 0.897. The van der Waals surface area contributed by atoms with Crippen LogP contribution >= 0.6 is 11.6 Å². The van der Waals surface area contributed by atoms with Gasteiger partial charge < -0.3 is 10.4 Å². The fraction of sp³-hybridized carbons (Fsp3) is 0.467. The second kappa shape index (κ2) is 6.27. The second-order valence-corrected chi connectivity index (χ2v) is 5.64.